The van der Waals surface area contributed by atoms with Crippen molar-refractivity contribution in [2.24, 2.45) is 0 Å². The highest BCUT2D eigenvalue weighted by Gasteiger charge is 2.25. The van der Waals surface area contributed by atoms with Crippen LogP contribution >= 0.6 is 11.6 Å². The second-order valence-corrected chi connectivity index (χ2v) is 9.72. The van der Waals surface area contributed by atoms with Gasteiger partial charge in [-0.15, -0.1) is 0 Å². The normalized spacial score (nSPS) is 13.5. The van der Waals surface area contributed by atoms with Gasteiger partial charge in [-0.2, -0.15) is 10.4 Å². The molecule has 1 fully saturated rings. The number of nitrogens with zero attached hydrogens (tertiary/aromatic N) is 4. The van der Waals surface area contributed by atoms with E-state index in [1.165, 1.54) is 6.20 Å². The number of ether oxygens (including phenoxy) is 1. The van der Waals surface area contributed by atoms with Crippen LogP contribution in [0.3, 0.4) is 0 Å². The quantitative estimate of drug-likeness (QED) is 0.312. The number of esters is 1. The fourth-order valence-electron chi connectivity index (χ4n) is 4.66. The largest absolute Gasteiger partial charge is 0.459 e. The van der Waals surface area contributed by atoms with Crippen LogP contribution in [0.2, 0.25) is 5.02 Å². The van der Waals surface area contributed by atoms with Crippen molar-refractivity contribution in [3.05, 3.63) is 106 Å². The summed E-state index contributed by atoms with van der Waals surface area (Å²) in [4.78, 5) is 27.5. The number of carbonyl (C=O) groups is 2. The first-order chi connectivity index (χ1) is 18.9. The molecule has 0 atom stereocenters. The van der Waals surface area contributed by atoms with Gasteiger partial charge in [0.2, 0.25) is 0 Å². The Morgan fingerprint density at radius 1 is 1.05 bits per heavy atom. The summed E-state index contributed by atoms with van der Waals surface area (Å²) in [7, 11) is 0. The number of aromatic nitrogens is 2. The van der Waals surface area contributed by atoms with Crippen LogP contribution in [0, 0.1) is 18.3 Å². The van der Waals surface area contributed by atoms with E-state index in [9.17, 15) is 14.9 Å². The van der Waals surface area contributed by atoms with Crippen LogP contribution in [0.25, 0.3) is 5.69 Å². The zero-order valence-electron chi connectivity index (χ0n) is 21.3. The maximum Gasteiger partial charge on any atom is 0.338 e. The summed E-state index contributed by atoms with van der Waals surface area (Å²) in [6.45, 7) is 3.12. The maximum atomic E-state index is 13.0. The van der Waals surface area contributed by atoms with Gasteiger partial charge in [0.1, 0.15) is 12.2 Å². The fourth-order valence-corrected chi connectivity index (χ4v) is 4.79. The topological polar surface area (TPSA) is 100 Å². The molecule has 0 radical (unpaired) electrons. The average Bonchev–Trinajstić information content (AvgIpc) is 3.35. The zero-order valence-corrected chi connectivity index (χ0v) is 22.1. The standard InChI is InChI=1S/C30H26ClN5O3/c1-20-27(19-33-36(20)25-10-7-23(31)8-11-25)29(37)34-24-9-12-28(22(17-24)18-32)35-15-13-26(14-16-35)39-30(38)21-5-3-2-4-6-21/h2-12,17,19,26H,13-16H2,1H3,(H,34,37). The molecule has 0 bridgehead atoms. The lowest BCUT2D eigenvalue weighted by molar-refractivity contribution is 0.0245. The fraction of sp³-hybridized carbons (Fsp3) is 0.200. The van der Waals surface area contributed by atoms with Crippen molar-refractivity contribution in [3.8, 4) is 11.8 Å². The van der Waals surface area contributed by atoms with Crippen molar-refractivity contribution in [1.82, 2.24) is 9.78 Å². The van der Waals surface area contributed by atoms with Gasteiger partial charge in [0.15, 0.2) is 0 Å². The molecule has 1 saturated heterocycles. The number of carbonyl (C=O) groups excluding carboxylic acids is 2. The molecule has 1 amide bonds. The molecule has 1 N–H and O–H groups in total. The van der Waals surface area contributed by atoms with Crippen LogP contribution in [0.4, 0.5) is 11.4 Å². The van der Waals surface area contributed by atoms with Crippen LogP contribution in [0.1, 0.15) is 44.8 Å². The number of rotatable bonds is 6. The van der Waals surface area contributed by atoms with E-state index in [1.807, 2.05) is 43.3 Å². The molecule has 0 saturated carbocycles. The van der Waals surface area contributed by atoms with E-state index in [0.717, 1.165) is 11.4 Å². The predicted molar refractivity (Wildman–Crippen MR) is 150 cm³/mol. The Morgan fingerprint density at radius 2 is 1.77 bits per heavy atom. The first-order valence-corrected chi connectivity index (χ1v) is 13.0. The second kappa shape index (κ2) is 11.4. The molecule has 196 valence electrons. The highest BCUT2D eigenvalue weighted by molar-refractivity contribution is 6.30. The Labute approximate surface area is 231 Å². The van der Waals surface area contributed by atoms with Gasteiger partial charge >= 0.3 is 5.97 Å². The Morgan fingerprint density at radius 3 is 2.46 bits per heavy atom. The minimum atomic E-state index is -0.319. The molecule has 0 spiro atoms. The van der Waals surface area contributed by atoms with Crippen LogP contribution < -0.4 is 10.2 Å². The number of halogens is 1. The number of benzene rings is 3. The van der Waals surface area contributed by atoms with E-state index in [2.05, 4.69) is 21.4 Å². The molecule has 0 unspecified atom stereocenters. The molecule has 1 aliphatic heterocycles. The summed E-state index contributed by atoms with van der Waals surface area (Å²) in [5.41, 5.74) is 4.21. The van der Waals surface area contributed by atoms with E-state index < -0.39 is 0 Å². The SMILES string of the molecule is Cc1c(C(=O)Nc2ccc(N3CCC(OC(=O)c4ccccc4)CC3)c(C#N)c2)cnn1-c1ccc(Cl)cc1. The molecule has 0 aliphatic carbocycles. The van der Waals surface area contributed by atoms with E-state index in [4.69, 9.17) is 16.3 Å². The third-order valence-electron chi connectivity index (χ3n) is 6.77. The van der Waals surface area contributed by atoms with Crippen molar-refractivity contribution >= 4 is 34.9 Å². The third kappa shape index (κ3) is 5.79. The Kier molecular flexibility index (Phi) is 7.62. The minimum Gasteiger partial charge on any atom is -0.459 e. The molecule has 3 aromatic carbocycles. The van der Waals surface area contributed by atoms with Gasteiger partial charge in [-0.25, -0.2) is 9.48 Å². The monoisotopic (exact) mass is 539 g/mol. The molecular weight excluding hydrogens is 514 g/mol. The predicted octanol–water partition coefficient (Wildman–Crippen LogP) is 5.78. The van der Waals surface area contributed by atoms with Crippen LogP contribution in [-0.2, 0) is 4.74 Å². The molecule has 39 heavy (non-hydrogen) atoms. The summed E-state index contributed by atoms with van der Waals surface area (Å²) in [6, 6.07) is 23.7. The average molecular weight is 540 g/mol. The summed E-state index contributed by atoms with van der Waals surface area (Å²) in [5, 5.41) is 17.7. The van der Waals surface area contributed by atoms with Gasteiger partial charge in [0.25, 0.3) is 5.91 Å². The van der Waals surface area contributed by atoms with Crippen LogP contribution in [-0.4, -0.2) is 40.9 Å². The Hall–Kier alpha value is -4.61. The first-order valence-electron chi connectivity index (χ1n) is 12.6. The molecule has 1 aliphatic rings. The van der Waals surface area contributed by atoms with Crippen molar-refractivity contribution in [2.75, 3.05) is 23.3 Å². The number of nitriles is 1. The lowest BCUT2D eigenvalue weighted by Crippen LogP contribution is -2.38. The van der Waals surface area contributed by atoms with Gasteiger partial charge in [-0.3, -0.25) is 4.79 Å². The van der Waals surface area contributed by atoms with Gasteiger partial charge in [-0.05, 0) is 61.5 Å². The second-order valence-electron chi connectivity index (χ2n) is 9.29. The van der Waals surface area contributed by atoms with E-state index in [0.29, 0.717) is 59.0 Å². The lowest BCUT2D eigenvalue weighted by atomic mass is 10.0. The molecule has 2 heterocycles. The number of amides is 1. The summed E-state index contributed by atoms with van der Waals surface area (Å²) in [6.07, 6.45) is 2.68. The molecule has 4 aromatic rings. The van der Waals surface area contributed by atoms with Gasteiger partial charge in [0.05, 0.1) is 40.0 Å². The highest BCUT2D eigenvalue weighted by atomic mass is 35.5. The van der Waals surface area contributed by atoms with Crippen LogP contribution in [0.5, 0.6) is 0 Å². The van der Waals surface area contributed by atoms with E-state index in [1.54, 1.807) is 41.1 Å². The molecule has 9 heteroatoms. The van der Waals surface area contributed by atoms with E-state index >= 15 is 0 Å². The molecule has 8 nitrogen and oxygen atoms in total. The van der Waals surface area contributed by atoms with Crippen molar-refractivity contribution in [1.29, 1.82) is 5.26 Å². The number of piperidine rings is 1. The molecular formula is C30H26ClN5O3. The number of hydrogen-bond acceptors (Lipinski definition) is 6. The molecule has 1 aromatic heterocycles. The van der Waals surface area contributed by atoms with Gasteiger partial charge < -0.3 is 15.0 Å². The summed E-state index contributed by atoms with van der Waals surface area (Å²) in [5.74, 6) is -0.633. The van der Waals surface area contributed by atoms with Crippen molar-refractivity contribution in [3.63, 3.8) is 0 Å². The first kappa shape index (κ1) is 26.0. The third-order valence-corrected chi connectivity index (χ3v) is 7.02. The Balaban J connectivity index is 1.22. The highest BCUT2D eigenvalue weighted by Crippen LogP contribution is 2.28. The maximum absolute atomic E-state index is 13.0. The number of anilines is 2. The van der Waals surface area contributed by atoms with Gasteiger partial charge in [0, 0.05) is 36.6 Å². The summed E-state index contributed by atoms with van der Waals surface area (Å²) >= 11 is 5.98. The minimum absolute atomic E-state index is 0.171. The molecule has 5 rings (SSSR count). The van der Waals surface area contributed by atoms with Gasteiger partial charge in [-0.1, -0.05) is 29.8 Å². The van der Waals surface area contributed by atoms with E-state index in [-0.39, 0.29) is 18.0 Å². The van der Waals surface area contributed by atoms with Crippen molar-refractivity contribution in [2.45, 2.75) is 25.9 Å². The smallest absolute Gasteiger partial charge is 0.338 e. The summed E-state index contributed by atoms with van der Waals surface area (Å²) < 4.78 is 7.35. The van der Waals surface area contributed by atoms with Crippen molar-refractivity contribution < 1.29 is 14.3 Å². The number of hydrogen-bond donors (Lipinski definition) is 1. The Bertz CT molecular complexity index is 1540. The number of nitrogens with one attached hydrogen (secondary N) is 1. The lowest BCUT2D eigenvalue weighted by Gasteiger charge is -2.33. The van der Waals surface area contributed by atoms with Crippen LogP contribution in [0.15, 0.2) is 79.0 Å². The zero-order chi connectivity index (χ0) is 27.4.